The summed E-state index contributed by atoms with van der Waals surface area (Å²) >= 11 is 0. The molecule has 4 aromatic carbocycles. The van der Waals surface area contributed by atoms with Gasteiger partial charge in [0.25, 0.3) is 10.0 Å². The Labute approximate surface area is 238 Å². The van der Waals surface area contributed by atoms with Crippen LogP contribution >= 0.6 is 0 Å². The van der Waals surface area contributed by atoms with Crippen molar-refractivity contribution >= 4 is 49.6 Å². The molecule has 1 aromatic heterocycles. The van der Waals surface area contributed by atoms with Gasteiger partial charge in [-0.15, -0.1) is 0 Å². The van der Waals surface area contributed by atoms with E-state index in [0.29, 0.717) is 39.2 Å². The third-order valence-electron chi connectivity index (χ3n) is 6.58. The standard InChI is InChI=1S/C31H29N5O4S/c1-36(28(37)18-19-32)24-14-12-22(13-15-24)33-30(21-8-4-2-5-9-21)29-26-20-25(16-17-27(26)34-31(29)38)41(39,40)35-23-10-6-3-7-11-23/h2-17,20,34-35,38H,18-19,32H2,1H3. The zero-order valence-electron chi connectivity index (χ0n) is 22.3. The molecule has 208 valence electrons. The summed E-state index contributed by atoms with van der Waals surface area (Å²) in [5.41, 5.74) is 9.31. The average Bonchev–Trinajstić information content (AvgIpc) is 3.31. The maximum atomic E-state index is 13.2. The number of nitrogens with one attached hydrogen (secondary N) is 2. The van der Waals surface area contributed by atoms with Crippen LogP contribution in [0.1, 0.15) is 17.5 Å². The predicted molar refractivity (Wildman–Crippen MR) is 162 cm³/mol. The highest BCUT2D eigenvalue weighted by Crippen LogP contribution is 2.33. The molecule has 0 atom stereocenters. The molecule has 0 bridgehead atoms. The van der Waals surface area contributed by atoms with Crippen LogP contribution in [0.25, 0.3) is 10.9 Å². The van der Waals surface area contributed by atoms with Gasteiger partial charge in [0.1, 0.15) is 0 Å². The molecule has 10 heteroatoms. The molecule has 5 N–H and O–H groups in total. The number of amides is 1. The first-order valence-corrected chi connectivity index (χ1v) is 14.4. The van der Waals surface area contributed by atoms with Crippen molar-refractivity contribution < 1.29 is 18.3 Å². The van der Waals surface area contributed by atoms with Gasteiger partial charge in [-0.25, -0.2) is 13.4 Å². The van der Waals surface area contributed by atoms with Gasteiger partial charge in [-0.2, -0.15) is 0 Å². The zero-order valence-corrected chi connectivity index (χ0v) is 23.1. The topological polar surface area (TPSA) is 141 Å². The molecule has 0 spiro atoms. The number of hydrogen-bond acceptors (Lipinski definition) is 6. The van der Waals surface area contributed by atoms with E-state index in [9.17, 15) is 18.3 Å². The number of anilines is 2. The van der Waals surface area contributed by atoms with Crippen LogP contribution < -0.4 is 15.4 Å². The monoisotopic (exact) mass is 567 g/mol. The molecule has 0 aliphatic carbocycles. The van der Waals surface area contributed by atoms with Crippen LogP contribution in [0.2, 0.25) is 0 Å². The predicted octanol–water partition coefficient (Wildman–Crippen LogP) is 5.16. The molecule has 1 heterocycles. The number of H-pyrrole nitrogens is 1. The third-order valence-corrected chi connectivity index (χ3v) is 7.96. The van der Waals surface area contributed by atoms with E-state index in [2.05, 4.69) is 9.71 Å². The van der Waals surface area contributed by atoms with Crippen molar-refractivity contribution in [2.24, 2.45) is 10.7 Å². The van der Waals surface area contributed by atoms with Crippen LogP contribution in [0.3, 0.4) is 0 Å². The number of fused-ring (bicyclic) bond motifs is 1. The highest BCUT2D eigenvalue weighted by atomic mass is 32.2. The molecular weight excluding hydrogens is 538 g/mol. The lowest BCUT2D eigenvalue weighted by Crippen LogP contribution is -2.27. The van der Waals surface area contributed by atoms with Crippen molar-refractivity contribution in [2.75, 3.05) is 23.2 Å². The number of para-hydroxylation sites is 1. The number of nitrogens with zero attached hydrogens (tertiary/aromatic N) is 2. The highest BCUT2D eigenvalue weighted by molar-refractivity contribution is 7.92. The van der Waals surface area contributed by atoms with Gasteiger partial charge in [0.05, 0.1) is 21.9 Å². The quantitative estimate of drug-likeness (QED) is 0.182. The summed E-state index contributed by atoms with van der Waals surface area (Å²) in [6.07, 6.45) is 0.243. The molecule has 0 aliphatic heterocycles. The van der Waals surface area contributed by atoms with Crippen molar-refractivity contribution in [3.63, 3.8) is 0 Å². The number of sulfonamides is 1. The first kappa shape index (κ1) is 27.6. The largest absolute Gasteiger partial charge is 0.494 e. The summed E-state index contributed by atoms with van der Waals surface area (Å²) in [5.74, 6) is -0.234. The Hall–Kier alpha value is -4.93. The van der Waals surface area contributed by atoms with Crippen LogP contribution in [0, 0.1) is 0 Å². The number of aromatic hydroxyl groups is 1. The number of carbonyl (C=O) groups is 1. The maximum absolute atomic E-state index is 13.2. The number of aliphatic imine (C=N–C) groups is 1. The van der Waals surface area contributed by atoms with E-state index in [1.54, 1.807) is 67.7 Å². The fourth-order valence-corrected chi connectivity index (χ4v) is 5.54. The van der Waals surface area contributed by atoms with E-state index >= 15 is 0 Å². The summed E-state index contributed by atoms with van der Waals surface area (Å²) in [7, 11) is -2.22. The van der Waals surface area contributed by atoms with Crippen LogP contribution in [0.15, 0.2) is 113 Å². The lowest BCUT2D eigenvalue weighted by Gasteiger charge is -2.17. The van der Waals surface area contributed by atoms with E-state index < -0.39 is 10.0 Å². The smallest absolute Gasteiger partial charge is 0.261 e. The maximum Gasteiger partial charge on any atom is 0.261 e. The fourth-order valence-electron chi connectivity index (χ4n) is 4.46. The molecule has 0 fully saturated rings. The normalized spacial score (nSPS) is 11.9. The van der Waals surface area contributed by atoms with Crippen molar-refractivity contribution in [3.05, 3.63) is 114 Å². The Morgan fingerprint density at radius 2 is 1.61 bits per heavy atom. The molecule has 0 aliphatic rings. The highest BCUT2D eigenvalue weighted by Gasteiger charge is 2.22. The molecule has 1 amide bonds. The number of aromatic amines is 1. The summed E-state index contributed by atoms with van der Waals surface area (Å²) in [4.78, 5) is 21.6. The summed E-state index contributed by atoms with van der Waals surface area (Å²) in [5, 5.41) is 11.5. The second-order valence-corrected chi connectivity index (χ2v) is 11.0. The average molecular weight is 568 g/mol. The number of carbonyl (C=O) groups excluding carboxylic acids is 1. The first-order chi connectivity index (χ1) is 19.8. The van der Waals surface area contributed by atoms with Gasteiger partial charge in [-0.05, 0) is 54.6 Å². The Morgan fingerprint density at radius 3 is 2.27 bits per heavy atom. The van der Waals surface area contributed by atoms with E-state index in [1.807, 2.05) is 30.3 Å². The molecule has 41 heavy (non-hydrogen) atoms. The minimum absolute atomic E-state index is 0.0380. The van der Waals surface area contributed by atoms with Crippen LogP contribution in [-0.4, -0.2) is 43.7 Å². The van der Waals surface area contributed by atoms with E-state index in [0.717, 1.165) is 5.56 Å². The van der Waals surface area contributed by atoms with Gasteiger partial charge in [0, 0.05) is 47.9 Å². The second-order valence-electron chi connectivity index (χ2n) is 9.36. The Morgan fingerprint density at radius 1 is 0.951 bits per heavy atom. The molecule has 0 unspecified atom stereocenters. The van der Waals surface area contributed by atoms with Crippen LogP contribution in [-0.2, 0) is 14.8 Å². The van der Waals surface area contributed by atoms with Crippen LogP contribution in [0.4, 0.5) is 17.1 Å². The minimum atomic E-state index is -3.91. The zero-order chi connectivity index (χ0) is 29.0. The van der Waals surface area contributed by atoms with E-state index in [-0.39, 0.29) is 29.6 Å². The number of aromatic nitrogens is 1. The third kappa shape index (κ3) is 5.98. The summed E-state index contributed by atoms with van der Waals surface area (Å²) in [6, 6.07) is 29.7. The molecule has 5 aromatic rings. The Kier molecular flexibility index (Phi) is 7.86. The first-order valence-electron chi connectivity index (χ1n) is 12.9. The lowest BCUT2D eigenvalue weighted by atomic mass is 10.0. The van der Waals surface area contributed by atoms with Gasteiger partial charge >= 0.3 is 0 Å². The van der Waals surface area contributed by atoms with Gasteiger partial charge in [-0.3, -0.25) is 9.52 Å². The van der Waals surface area contributed by atoms with Crippen molar-refractivity contribution in [3.8, 4) is 5.88 Å². The molecule has 9 nitrogen and oxygen atoms in total. The molecule has 0 radical (unpaired) electrons. The van der Waals surface area contributed by atoms with Crippen molar-refractivity contribution in [1.82, 2.24) is 4.98 Å². The summed E-state index contributed by atoms with van der Waals surface area (Å²) < 4.78 is 29.0. The molecular formula is C31H29N5O4S. The Bertz CT molecular complexity index is 1820. The lowest BCUT2D eigenvalue weighted by molar-refractivity contribution is -0.118. The van der Waals surface area contributed by atoms with Gasteiger partial charge in [0.15, 0.2) is 5.88 Å². The SMILES string of the molecule is CN(C(=O)CCN)c1ccc(N=C(c2ccccc2)c2c(O)[nH]c3ccc(S(=O)(=O)Nc4ccccc4)cc23)cc1. The molecule has 0 saturated heterocycles. The Balaban J connectivity index is 1.59. The fraction of sp³-hybridized carbons (Fsp3) is 0.0968. The number of benzene rings is 4. The second kappa shape index (κ2) is 11.7. The summed E-state index contributed by atoms with van der Waals surface area (Å²) in [6.45, 7) is 0.269. The van der Waals surface area contributed by atoms with Crippen molar-refractivity contribution in [2.45, 2.75) is 11.3 Å². The number of nitrogens with two attached hydrogens (primary N) is 1. The van der Waals surface area contributed by atoms with Gasteiger partial charge < -0.3 is 20.7 Å². The van der Waals surface area contributed by atoms with E-state index in [1.165, 1.54) is 17.0 Å². The minimum Gasteiger partial charge on any atom is -0.494 e. The van der Waals surface area contributed by atoms with Crippen LogP contribution in [0.5, 0.6) is 5.88 Å². The van der Waals surface area contributed by atoms with Gasteiger partial charge in [0.2, 0.25) is 5.91 Å². The molecule has 5 rings (SSSR count). The van der Waals surface area contributed by atoms with Crippen molar-refractivity contribution in [1.29, 1.82) is 0 Å². The number of rotatable bonds is 9. The van der Waals surface area contributed by atoms with Gasteiger partial charge in [-0.1, -0.05) is 48.5 Å². The molecule has 0 saturated carbocycles. The van der Waals surface area contributed by atoms with E-state index in [4.69, 9.17) is 10.7 Å². The number of hydrogen-bond donors (Lipinski definition) is 4.